The van der Waals surface area contributed by atoms with Crippen LogP contribution < -0.4 is 118 Å². The fraction of sp³-hybridized carbons (Fsp3) is 0.190. The van der Waals surface area contributed by atoms with Gasteiger partial charge in [0.25, 0.3) is 0 Å². The van der Waals surface area contributed by atoms with E-state index in [-0.39, 0.29) is 142 Å². The molecule has 0 aliphatic heterocycles. The Kier molecular flexibility index (Phi) is 15.1. The van der Waals surface area contributed by atoms with Crippen molar-refractivity contribution in [2.45, 2.75) is 23.6 Å². The van der Waals surface area contributed by atoms with Gasteiger partial charge in [0.15, 0.2) is 5.82 Å². The summed E-state index contributed by atoms with van der Waals surface area (Å²) in [4.78, 5) is 12.9. The van der Waals surface area contributed by atoms with E-state index >= 15 is 0 Å². The van der Waals surface area contributed by atoms with Crippen molar-refractivity contribution in [1.82, 2.24) is 9.78 Å². The third-order valence-electron chi connectivity index (χ3n) is 4.76. The predicted molar refractivity (Wildman–Crippen MR) is 128 cm³/mol. The average Bonchev–Trinajstić information content (AvgIpc) is 3.15. The number of carbonyl (C=O) groups is 1. The summed E-state index contributed by atoms with van der Waals surface area (Å²) in [6.07, 6.45) is 0. The van der Waals surface area contributed by atoms with Crippen LogP contribution in [0.15, 0.2) is 56.4 Å². The zero-order valence-electron chi connectivity index (χ0n) is 21.8. The minimum Gasteiger partial charge on any atom is -0.744 e. The summed E-state index contributed by atoms with van der Waals surface area (Å²) in [6, 6.07) is 10.3. The third-order valence-corrected chi connectivity index (χ3v) is 6.13. The molecule has 0 saturated carbocycles. The molecule has 1 heterocycles. The Morgan fingerprint density at radius 2 is 1.90 bits per heavy atom. The van der Waals surface area contributed by atoms with Gasteiger partial charge in [0.1, 0.15) is 27.4 Å². The van der Waals surface area contributed by atoms with E-state index in [1.54, 1.807) is 18.2 Å². The molecule has 0 atom stereocenters. The van der Waals surface area contributed by atoms with E-state index in [9.17, 15) is 28.3 Å². The van der Waals surface area contributed by atoms with Gasteiger partial charge in [-0.15, -0.1) is 10.2 Å². The summed E-state index contributed by atoms with van der Waals surface area (Å²) in [6.45, 7) is 2.87. The van der Waals surface area contributed by atoms with Crippen molar-refractivity contribution >= 4 is 50.9 Å². The van der Waals surface area contributed by atoms with E-state index in [0.717, 1.165) is 22.5 Å². The molecule has 1 N–H and O–H groups in total. The molecular weight excluding hydrogens is 605 g/mol. The van der Waals surface area contributed by atoms with E-state index in [4.69, 9.17) is 0 Å². The first-order valence-corrected chi connectivity index (χ1v) is 12.3. The first-order chi connectivity index (χ1) is 17.4. The third kappa shape index (κ3) is 9.74. The Labute approximate surface area is 313 Å². The van der Waals surface area contributed by atoms with Crippen LogP contribution in [0, 0.1) is 18.3 Å². The molecule has 0 fully saturated rings. The number of amides is 1. The Morgan fingerprint density at radius 1 is 1.21 bits per heavy atom. The Bertz CT molecular complexity index is 1520. The van der Waals surface area contributed by atoms with Gasteiger partial charge in [0, 0.05) is 31.6 Å². The second-order valence-electron chi connectivity index (χ2n) is 7.62. The molecule has 0 unspecified atom stereocenters. The summed E-state index contributed by atoms with van der Waals surface area (Å²) in [5.41, 5.74) is 1.69. The molecule has 3 rings (SSSR count). The summed E-state index contributed by atoms with van der Waals surface area (Å²) in [5.74, 6) is -0.418. The summed E-state index contributed by atoms with van der Waals surface area (Å²) < 4.78 is 40.5. The number of hydrogen-bond acceptors (Lipinski definition) is 13. The SMILES string of the molecule is CC(=O)Nc1cc(N(C)C)ccc1N=Nc1c(C#N)c(C)nn1-c1cc(SOO[O-])cc(S(=O)(=O)[O-])c1.[K+].[K+]. The fourth-order valence-corrected chi connectivity index (χ4v) is 4.18. The van der Waals surface area contributed by atoms with Gasteiger partial charge < -0.3 is 20.0 Å². The maximum Gasteiger partial charge on any atom is 1.00 e. The molecule has 1 amide bonds. The van der Waals surface area contributed by atoms with Crippen molar-refractivity contribution in [3.05, 3.63) is 47.7 Å². The fourth-order valence-electron chi connectivity index (χ4n) is 3.12. The van der Waals surface area contributed by atoms with Gasteiger partial charge in [-0.25, -0.2) is 13.1 Å². The zero-order valence-corrected chi connectivity index (χ0v) is 29.7. The number of aromatic nitrogens is 2. The number of nitriles is 1. The summed E-state index contributed by atoms with van der Waals surface area (Å²) in [5, 5.41) is 38.5. The molecule has 0 spiro atoms. The normalized spacial score (nSPS) is 10.9. The minimum atomic E-state index is -4.93. The van der Waals surface area contributed by atoms with Crippen LogP contribution in [-0.4, -0.2) is 42.8 Å². The number of rotatable bonds is 9. The van der Waals surface area contributed by atoms with Crippen LogP contribution in [-0.2, 0) is 24.3 Å². The minimum absolute atomic E-state index is 0. The number of hydrogen-bond donors (Lipinski definition) is 1. The number of carbonyl (C=O) groups excluding carboxylic acids is 1. The van der Waals surface area contributed by atoms with Gasteiger partial charge in [-0.05, 0) is 43.3 Å². The first-order valence-electron chi connectivity index (χ1n) is 10.2. The molecule has 194 valence electrons. The van der Waals surface area contributed by atoms with Crippen molar-refractivity contribution < 1.29 is 135 Å². The standard InChI is InChI=1S/C21H21N7O7S2.2K/c1-12-18(11-22)21(25-24-19-6-5-14(27(3)4)9-20(19)23-13(2)29)28(26-12)15-7-16(36-35-34-30)10-17(8-15)37(31,32)33;;/h5-10,30H,1-4H3,(H,23,29)(H,31,32,33);;/q;2*+1/p-2. The van der Waals surface area contributed by atoms with Crippen LogP contribution >= 0.6 is 12.0 Å². The van der Waals surface area contributed by atoms with E-state index in [0.29, 0.717) is 17.7 Å². The molecule has 0 aliphatic carbocycles. The molecule has 1 aromatic heterocycles. The molecular formula is C21H19K2N7O7S2. The average molecular weight is 624 g/mol. The van der Waals surface area contributed by atoms with Gasteiger partial charge in [-0.1, -0.05) is 0 Å². The summed E-state index contributed by atoms with van der Waals surface area (Å²) >= 11 is 0.361. The van der Waals surface area contributed by atoms with Gasteiger partial charge >= 0.3 is 103 Å². The van der Waals surface area contributed by atoms with E-state index in [2.05, 4.69) is 30.0 Å². The van der Waals surface area contributed by atoms with E-state index in [1.165, 1.54) is 19.9 Å². The Hall–Kier alpha value is -0.577. The second kappa shape index (κ2) is 16.2. The van der Waals surface area contributed by atoms with E-state index in [1.807, 2.05) is 25.1 Å². The van der Waals surface area contributed by atoms with Crippen LogP contribution in [0.4, 0.5) is 22.9 Å². The molecule has 2 aromatic carbocycles. The van der Waals surface area contributed by atoms with Crippen LogP contribution in [0.1, 0.15) is 18.2 Å². The maximum absolute atomic E-state index is 11.7. The quantitative estimate of drug-likeness (QED) is 0.0624. The first kappa shape index (κ1) is 36.4. The molecule has 3 aromatic rings. The molecule has 39 heavy (non-hydrogen) atoms. The van der Waals surface area contributed by atoms with Crippen molar-refractivity contribution in [3.8, 4) is 11.8 Å². The smallest absolute Gasteiger partial charge is 0.744 e. The maximum atomic E-state index is 11.7. The summed E-state index contributed by atoms with van der Waals surface area (Å²) in [7, 11) is -1.28. The van der Waals surface area contributed by atoms with Crippen molar-refractivity contribution in [2.75, 3.05) is 24.3 Å². The molecule has 0 bridgehead atoms. The molecule has 0 radical (unpaired) electrons. The van der Waals surface area contributed by atoms with Crippen LogP contribution in [0.2, 0.25) is 0 Å². The number of aryl methyl sites for hydroxylation is 1. The van der Waals surface area contributed by atoms with Gasteiger partial charge in [0.05, 0.1) is 34.0 Å². The topological polar surface area (TPSA) is 197 Å². The molecule has 0 aliphatic rings. The number of azo groups is 1. The molecule has 14 nitrogen and oxygen atoms in total. The number of anilines is 2. The monoisotopic (exact) mass is 623 g/mol. The van der Waals surface area contributed by atoms with Crippen LogP contribution in [0.25, 0.3) is 5.69 Å². The molecule has 18 heteroatoms. The Morgan fingerprint density at radius 3 is 2.46 bits per heavy atom. The number of benzene rings is 2. The van der Waals surface area contributed by atoms with Crippen LogP contribution in [0.5, 0.6) is 0 Å². The molecule has 0 saturated heterocycles. The van der Waals surface area contributed by atoms with E-state index < -0.39 is 15.0 Å². The van der Waals surface area contributed by atoms with Crippen molar-refractivity contribution in [2.24, 2.45) is 10.2 Å². The van der Waals surface area contributed by atoms with Gasteiger partial charge in [-0.2, -0.15) is 14.7 Å². The van der Waals surface area contributed by atoms with Gasteiger partial charge in [0.2, 0.25) is 5.91 Å². The second-order valence-corrected chi connectivity index (χ2v) is 9.77. The largest absolute Gasteiger partial charge is 1.00 e. The number of nitrogens with zero attached hydrogens (tertiary/aromatic N) is 6. The zero-order chi connectivity index (χ0) is 27.3. The van der Waals surface area contributed by atoms with Gasteiger partial charge in [-0.3, -0.25) is 9.83 Å². The van der Waals surface area contributed by atoms with Crippen molar-refractivity contribution in [1.29, 1.82) is 5.26 Å². The predicted octanol–water partition coefficient (Wildman–Crippen LogP) is -3.37. The Balaban J connectivity index is 0.00000380. The van der Waals surface area contributed by atoms with Crippen LogP contribution in [0.3, 0.4) is 0 Å². The van der Waals surface area contributed by atoms with Crippen molar-refractivity contribution in [3.63, 3.8) is 0 Å². The number of nitrogens with one attached hydrogen (secondary N) is 1.